The molecular formula is C24H27FN4O. The monoisotopic (exact) mass is 406 g/mol. The van der Waals surface area contributed by atoms with Crippen molar-refractivity contribution in [3.8, 4) is 0 Å². The second-order valence-electron chi connectivity index (χ2n) is 8.02. The zero-order valence-corrected chi connectivity index (χ0v) is 17.5. The van der Waals surface area contributed by atoms with Crippen LogP contribution >= 0.6 is 0 Å². The summed E-state index contributed by atoms with van der Waals surface area (Å²) in [5.41, 5.74) is 3.06. The third kappa shape index (κ3) is 4.27. The number of halogens is 1. The number of hydrogen-bond acceptors (Lipinski definition) is 4. The van der Waals surface area contributed by atoms with Crippen molar-refractivity contribution in [1.29, 1.82) is 0 Å². The molecule has 0 saturated carbocycles. The third-order valence-corrected chi connectivity index (χ3v) is 5.84. The number of carbonyl (C=O) groups excluding carboxylic acids is 1. The molecule has 30 heavy (non-hydrogen) atoms. The molecule has 3 aromatic rings. The van der Waals surface area contributed by atoms with Crippen LogP contribution in [0.4, 0.5) is 10.2 Å². The summed E-state index contributed by atoms with van der Waals surface area (Å²) < 4.78 is 13.3. The number of aromatic nitrogens is 2. The van der Waals surface area contributed by atoms with Gasteiger partial charge < -0.3 is 9.80 Å². The van der Waals surface area contributed by atoms with E-state index in [4.69, 9.17) is 0 Å². The molecule has 1 fully saturated rings. The average Bonchev–Trinajstić information content (AvgIpc) is 2.74. The number of piperazine rings is 1. The Labute approximate surface area is 176 Å². The number of amides is 1. The molecule has 0 spiro atoms. The summed E-state index contributed by atoms with van der Waals surface area (Å²) in [5.74, 6) is 0.685. The lowest BCUT2D eigenvalue weighted by Gasteiger charge is -2.41. The minimum absolute atomic E-state index is 0.0965. The summed E-state index contributed by atoms with van der Waals surface area (Å²) in [5, 5.41) is 1.16. The first-order valence-electron chi connectivity index (χ1n) is 10.5. The number of hydrogen-bond donors (Lipinski definition) is 0. The standard InChI is InChI=1S/C24H27FN4O/c1-17-14-20(25)15-27-24(17)28-12-13-29(18(2)16-28)23(30)10-4-7-19-6-3-9-22-21(19)8-5-11-26-22/h3,5-6,8-9,11,14-15,18H,4,7,10,12-13,16H2,1-2H3/t18-/m1/s1. The molecule has 0 aliphatic carbocycles. The van der Waals surface area contributed by atoms with E-state index in [1.165, 1.54) is 17.8 Å². The topological polar surface area (TPSA) is 49.3 Å². The van der Waals surface area contributed by atoms with Crippen LogP contribution in [0.25, 0.3) is 10.9 Å². The van der Waals surface area contributed by atoms with Crippen molar-refractivity contribution in [3.05, 3.63) is 65.7 Å². The van der Waals surface area contributed by atoms with Crippen LogP contribution in [-0.4, -0.2) is 46.5 Å². The van der Waals surface area contributed by atoms with Crippen LogP contribution in [-0.2, 0) is 11.2 Å². The Balaban J connectivity index is 1.33. The average molecular weight is 407 g/mol. The first kappa shape index (κ1) is 20.3. The van der Waals surface area contributed by atoms with Crippen LogP contribution in [0, 0.1) is 12.7 Å². The molecule has 156 valence electrons. The van der Waals surface area contributed by atoms with E-state index in [2.05, 4.69) is 33.9 Å². The van der Waals surface area contributed by atoms with E-state index in [0.717, 1.165) is 35.1 Å². The Hall–Kier alpha value is -3.02. The summed E-state index contributed by atoms with van der Waals surface area (Å²) in [6.45, 7) is 6.02. The molecule has 2 aromatic heterocycles. The SMILES string of the molecule is Cc1cc(F)cnc1N1CCN(C(=O)CCCc2cccc3ncccc23)[C@H](C)C1. The van der Waals surface area contributed by atoms with Crippen LogP contribution in [0.1, 0.15) is 30.9 Å². The van der Waals surface area contributed by atoms with Crippen molar-refractivity contribution in [2.24, 2.45) is 0 Å². The van der Waals surface area contributed by atoms with E-state index in [1.807, 2.05) is 30.0 Å². The molecule has 0 bridgehead atoms. The van der Waals surface area contributed by atoms with Gasteiger partial charge in [-0.2, -0.15) is 0 Å². The Morgan fingerprint density at radius 2 is 2.07 bits per heavy atom. The van der Waals surface area contributed by atoms with E-state index >= 15 is 0 Å². The van der Waals surface area contributed by atoms with Crippen LogP contribution in [0.15, 0.2) is 48.8 Å². The van der Waals surface area contributed by atoms with Gasteiger partial charge in [0.05, 0.1) is 11.7 Å². The quantitative estimate of drug-likeness (QED) is 0.639. The van der Waals surface area contributed by atoms with Crippen LogP contribution in [0.5, 0.6) is 0 Å². The van der Waals surface area contributed by atoms with Gasteiger partial charge in [0.1, 0.15) is 11.6 Å². The van der Waals surface area contributed by atoms with E-state index < -0.39 is 0 Å². The number of aryl methyl sites for hydroxylation is 2. The maximum Gasteiger partial charge on any atom is 0.222 e. The fourth-order valence-corrected chi connectivity index (χ4v) is 4.34. The number of rotatable bonds is 5. The number of fused-ring (bicyclic) bond motifs is 1. The first-order chi connectivity index (χ1) is 14.5. The smallest absolute Gasteiger partial charge is 0.222 e. The number of nitrogens with zero attached hydrogens (tertiary/aromatic N) is 4. The van der Waals surface area contributed by atoms with Gasteiger partial charge in [-0.05, 0) is 56.0 Å². The fourth-order valence-electron chi connectivity index (χ4n) is 4.34. The zero-order valence-electron chi connectivity index (χ0n) is 17.5. The van der Waals surface area contributed by atoms with Crippen molar-refractivity contribution >= 4 is 22.6 Å². The Morgan fingerprint density at radius 1 is 1.20 bits per heavy atom. The lowest BCUT2D eigenvalue weighted by atomic mass is 10.0. The predicted octanol–water partition coefficient (Wildman–Crippen LogP) is 4.14. The highest BCUT2D eigenvalue weighted by Crippen LogP contribution is 2.23. The molecular weight excluding hydrogens is 379 g/mol. The highest BCUT2D eigenvalue weighted by molar-refractivity contribution is 5.82. The summed E-state index contributed by atoms with van der Waals surface area (Å²) in [6.07, 6.45) is 5.28. The van der Waals surface area contributed by atoms with Crippen molar-refractivity contribution in [2.45, 2.75) is 39.2 Å². The molecule has 1 aliphatic heterocycles. The van der Waals surface area contributed by atoms with Crippen molar-refractivity contribution < 1.29 is 9.18 Å². The summed E-state index contributed by atoms with van der Waals surface area (Å²) in [7, 11) is 0. The Bertz CT molecular complexity index is 1050. The molecule has 0 radical (unpaired) electrons. The van der Waals surface area contributed by atoms with E-state index in [9.17, 15) is 9.18 Å². The molecule has 4 rings (SSSR count). The molecule has 3 heterocycles. The molecule has 1 aliphatic rings. The van der Waals surface area contributed by atoms with E-state index in [0.29, 0.717) is 26.1 Å². The van der Waals surface area contributed by atoms with Gasteiger partial charge in [0.25, 0.3) is 0 Å². The van der Waals surface area contributed by atoms with Gasteiger partial charge in [0, 0.05) is 43.7 Å². The highest BCUT2D eigenvalue weighted by atomic mass is 19.1. The maximum absolute atomic E-state index is 13.3. The molecule has 1 atom stereocenters. The lowest BCUT2D eigenvalue weighted by Crippen LogP contribution is -2.54. The maximum atomic E-state index is 13.3. The zero-order chi connectivity index (χ0) is 21.1. The Kier molecular flexibility index (Phi) is 5.93. The summed E-state index contributed by atoms with van der Waals surface area (Å²) in [4.78, 5) is 25.6. The minimum atomic E-state index is -0.319. The minimum Gasteiger partial charge on any atom is -0.353 e. The molecule has 6 heteroatoms. The molecule has 1 saturated heterocycles. The van der Waals surface area contributed by atoms with Gasteiger partial charge in [0.15, 0.2) is 0 Å². The fraction of sp³-hybridized carbons (Fsp3) is 0.375. The predicted molar refractivity (Wildman–Crippen MR) is 117 cm³/mol. The molecule has 1 aromatic carbocycles. The lowest BCUT2D eigenvalue weighted by molar-refractivity contribution is -0.133. The number of benzene rings is 1. The number of anilines is 1. The first-order valence-corrected chi connectivity index (χ1v) is 10.5. The second-order valence-corrected chi connectivity index (χ2v) is 8.02. The van der Waals surface area contributed by atoms with Gasteiger partial charge >= 0.3 is 0 Å². The van der Waals surface area contributed by atoms with Crippen LogP contribution in [0.2, 0.25) is 0 Å². The number of carbonyl (C=O) groups is 1. The summed E-state index contributed by atoms with van der Waals surface area (Å²) >= 11 is 0. The van der Waals surface area contributed by atoms with Gasteiger partial charge in [-0.1, -0.05) is 18.2 Å². The van der Waals surface area contributed by atoms with Gasteiger partial charge in [0.2, 0.25) is 5.91 Å². The van der Waals surface area contributed by atoms with Gasteiger partial charge in [-0.15, -0.1) is 0 Å². The van der Waals surface area contributed by atoms with Gasteiger partial charge in [-0.3, -0.25) is 9.78 Å². The van der Waals surface area contributed by atoms with Crippen molar-refractivity contribution in [3.63, 3.8) is 0 Å². The van der Waals surface area contributed by atoms with Crippen LogP contribution < -0.4 is 4.90 Å². The molecule has 1 amide bonds. The van der Waals surface area contributed by atoms with Gasteiger partial charge in [-0.25, -0.2) is 9.37 Å². The van der Waals surface area contributed by atoms with E-state index in [-0.39, 0.29) is 17.8 Å². The Morgan fingerprint density at radius 3 is 2.87 bits per heavy atom. The largest absolute Gasteiger partial charge is 0.353 e. The third-order valence-electron chi connectivity index (χ3n) is 5.84. The second kappa shape index (κ2) is 8.78. The summed E-state index contributed by atoms with van der Waals surface area (Å²) in [6, 6.07) is 11.8. The molecule has 5 nitrogen and oxygen atoms in total. The highest BCUT2D eigenvalue weighted by Gasteiger charge is 2.28. The molecule has 0 unspecified atom stereocenters. The van der Waals surface area contributed by atoms with Crippen LogP contribution in [0.3, 0.4) is 0 Å². The van der Waals surface area contributed by atoms with E-state index in [1.54, 1.807) is 6.20 Å². The molecule has 0 N–H and O–H groups in total. The number of pyridine rings is 2. The van der Waals surface area contributed by atoms with Crippen molar-refractivity contribution in [2.75, 3.05) is 24.5 Å². The normalized spacial score (nSPS) is 16.8. The van der Waals surface area contributed by atoms with Crippen molar-refractivity contribution in [1.82, 2.24) is 14.9 Å².